The zero-order chi connectivity index (χ0) is 17.1. The van der Waals surface area contributed by atoms with Gasteiger partial charge in [0.2, 0.25) is 0 Å². The number of nitrogens with zero attached hydrogens (tertiary/aromatic N) is 2. The molecule has 2 aromatic carbocycles. The molecule has 0 N–H and O–H groups in total. The van der Waals surface area contributed by atoms with Crippen LogP contribution in [0.15, 0.2) is 65.7 Å². The van der Waals surface area contributed by atoms with E-state index in [0.717, 1.165) is 17.1 Å². The second-order valence-corrected chi connectivity index (χ2v) is 7.81. The molecule has 0 saturated heterocycles. The van der Waals surface area contributed by atoms with Crippen molar-refractivity contribution in [2.45, 2.75) is 52.6 Å². The summed E-state index contributed by atoms with van der Waals surface area (Å²) >= 11 is 0. The highest BCUT2D eigenvalue weighted by Gasteiger charge is 2.28. The lowest BCUT2D eigenvalue weighted by Crippen LogP contribution is -2.47. The van der Waals surface area contributed by atoms with Gasteiger partial charge in [-0.2, -0.15) is 0 Å². The van der Waals surface area contributed by atoms with Gasteiger partial charge in [0.1, 0.15) is 5.84 Å². The zero-order valence-electron chi connectivity index (χ0n) is 15.2. The molecule has 0 unspecified atom stereocenters. The Morgan fingerprint density at radius 2 is 1.22 bits per heavy atom. The molecule has 0 saturated carbocycles. The van der Waals surface area contributed by atoms with Gasteiger partial charge in [-0.25, -0.2) is 0 Å². The Bertz CT molecular complexity index is 644. The number of amidine groups is 1. The molecule has 2 nitrogen and oxygen atoms in total. The van der Waals surface area contributed by atoms with Gasteiger partial charge in [-0.1, -0.05) is 48.5 Å². The van der Waals surface area contributed by atoms with Crippen LogP contribution in [0.4, 0.5) is 5.69 Å². The van der Waals surface area contributed by atoms with Crippen LogP contribution < -0.4 is 4.90 Å². The van der Waals surface area contributed by atoms with Crippen molar-refractivity contribution in [1.29, 1.82) is 0 Å². The average Bonchev–Trinajstić information content (AvgIpc) is 2.46. The van der Waals surface area contributed by atoms with Crippen molar-refractivity contribution < 1.29 is 0 Å². The standard InChI is InChI=1S/C21H28N2/c1-20(2,3)22-19(17-13-9-7-10-14-17)23(21(4,5)6)18-15-11-8-12-16-18/h7-16H,1-6H3. The predicted octanol–water partition coefficient (Wildman–Crippen LogP) is 5.54. The van der Waals surface area contributed by atoms with Crippen molar-refractivity contribution in [3.63, 3.8) is 0 Å². The summed E-state index contributed by atoms with van der Waals surface area (Å²) in [5.74, 6) is 1.01. The number of rotatable bonds is 2. The molecule has 0 radical (unpaired) electrons. The predicted molar refractivity (Wildman–Crippen MR) is 101 cm³/mol. The molecule has 0 amide bonds. The fourth-order valence-electron chi connectivity index (χ4n) is 2.55. The highest BCUT2D eigenvalue weighted by atomic mass is 15.2. The van der Waals surface area contributed by atoms with E-state index < -0.39 is 0 Å². The number of benzene rings is 2. The van der Waals surface area contributed by atoms with Gasteiger partial charge < -0.3 is 4.90 Å². The normalized spacial score (nSPS) is 13.0. The third kappa shape index (κ3) is 4.69. The molecule has 0 heterocycles. The van der Waals surface area contributed by atoms with E-state index in [9.17, 15) is 0 Å². The number of hydrogen-bond acceptors (Lipinski definition) is 1. The summed E-state index contributed by atoms with van der Waals surface area (Å²) in [7, 11) is 0. The van der Waals surface area contributed by atoms with E-state index in [1.165, 1.54) is 0 Å². The molecule has 0 aliphatic heterocycles. The first-order chi connectivity index (χ1) is 10.7. The Morgan fingerprint density at radius 3 is 1.65 bits per heavy atom. The Morgan fingerprint density at radius 1 is 0.739 bits per heavy atom. The summed E-state index contributed by atoms with van der Waals surface area (Å²) < 4.78 is 0. The van der Waals surface area contributed by atoms with E-state index in [1.54, 1.807) is 0 Å². The molecule has 2 aromatic rings. The molecular formula is C21H28N2. The fourth-order valence-corrected chi connectivity index (χ4v) is 2.55. The summed E-state index contributed by atoms with van der Waals surface area (Å²) in [5, 5.41) is 0. The molecule has 0 bridgehead atoms. The maximum Gasteiger partial charge on any atom is 0.136 e. The molecule has 122 valence electrons. The maximum absolute atomic E-state index is 5.06. The van der Waals surface area contributed by atoms with Crippen LogP contribution in [0.5, 0.6) is 0 Å². The summed E-state index contributed by atoms with van der Waals surface area (Å²) in [6.45, 7) is 13.1. The first-order valence-electron chi connectivity index (χ1n) is 8.19. The number of aliphatic imine (C=N–C) groups is 1. The number of para-hydroxylation sites is 1. The number of anilines is 1. The van der Waals surface area contributed by atoms with E-state index >= 15 is 0 Å². The summed E-state index contributed by atoms with van der Waals surface area (Å²) in [6, 6.07) is 20.9. The van der Waals surface area contributed by atoms with Gasteiger partial charge in [0.15, 0.2) is 0 Å². The lowest BCUT2D eigenvalue weighted by Gasteiger charge is -2.39. The zero-order valence-corrected chi connectivity index (χ0v) is 15.2. The first-order valence-corrected chi connectivity index (χ1v) is 8.19. The molecular weight excluding hydrogens is 280 g/mol. The van der Waals surface area contributed by atoms with Gasteiger partial charge in [-0.3, -0.25) is 4.99 Å². The molecule has 2 rings (SSSR count). The molecule has 0 fully saturated rings. The van der Waals surface area contributed by atoms with E-state index in [-0.39, 0.29) is 11.1 Å². The van der Waals surface area contributed by atoms with Crippen LogP contribution in [0, 0.1) is 0 Å². The highest BCUT2D eigenvalue weighted by molar-refractivity contribution is 6.10. The minimum absolute atomic E-state index is 0.0821. The Labute approximate surface area is 140 Å². The first kappa shape index (κ1) is 17.3. The summed E-state index contributed by atoms with van der Waals surface area (Å²) in [6.07, 6.45) is 0. The molecule has 0 spiro atoms. The SMILES string of the molecule is CC(C)(C)N=C(c1ccccc1)N(c1ccccc1)C(C)(C)C. The van der Waals surface area contributed by atoms with Crippen molar-refractivity contribution in [2.75, 3.05) is 4.90 Å². The Hall–Kier alpha value is -2.09. The number of hydrogen-bond donors (Lipinski definition) is 0. The summed E-state index contributed by atoms with van der Waals surface area (Å²) in [5.41, 5.74) is 2.07. The lowest BCUT2D eigenvalue weighted by atomic mass is 10.0. The van der Waals surface area contributed by atoms with E-state index in [0.29, 0.717) is 0 Å². The van der Waals surface area contributed by atoms with Crippen molar-refractivity contribution in [3.05, 3.63) is 66.2 Å². The van der Waals surface area contributed by atoms with Gasteiger partial charge in [0, 0.05) is 16.8 Å². The Kier molecular flexibility index (Phi) is 4.93. The topological polar surface area (TPSA) is 15.6 Å². The van der Waals surface area contributed by atoms with Crippen LogP contribution in [0.25, 0.3) is 0 Å². The van der Waals surface area contributed by atoms with Crippen LogP contribution in [0.3, 0.4) is 0 Å². The monoisotopic (exact) mass is 308 g/mol. The quantitative estimate of drug-likeness (QED) is 0.525. The molecule has 0 aliphatic rings. The molecule has 0 atom stereocenters. The molecule has 23 heavy (non-hydrogen) atoms. The summed E-state index contributed by atoms with van der Waals surface area (Å²) in [4.78, 5) is 7.39. The Balaban J connectivity index is 2.66. The third-order valence-electron chi connectivity index (χ3n) is 3.37. The van der Waals surface area contributed by atoms with Crippen LogP contribution in [0.2, 0.25) is 0 Å². The van der Waals surface area contributed by atoms with E-state index in [4.69, 9.17) is 4.99 Å². The third-order valence-corrected chi connectivity index (χ3v) is 3.37. The van der Waals surface area contributed by atoms with Gasteiger partial charge in [0.25, 0.3) is 0 Å². The second-order valence-electron chi connectivity index (χ2n) is 7.81. The minimum Gasteiger partial charge on any atom is -0.321 e. The second kappa shape index (κ2) is 6.57. The average molecular weight is 308 g/mol. The van der Waals surface area contributed by atoms with Crippen LogP contribution in [-0.4, -0.2) is 16.9 Å². The fraction of sp³-hybridized carbons (Fsp3) is 0.381. The van der Waals surface area contributed by atoms with Gasteiger partial charge >= 0.3 is 0 Å². The van der Waals surface area contributed by atoms with Crippen molar-refractivity contribution in [3.8, 4) is 0 Å². The highest BCUT2D eigenvalue weighted by Crippen LogP contribution is 2.28. The largest absolute Gasteiger partial charge is 0.321 e. The van der Waals surface area contributed by atoms with Crippen LogP contribution in [0.1, 0.15) is 47.1 Å². The van der Waals surface area contributed by atoms with E-state index in [2.05, 4.69) is 95.0 Å². The lowest BCUT2D eigenvalue weighted by molar-refractivity contribution is 0.551. The van der Waals surface area contributed by atoms with Gasteiger partial charge in [-0.05, 0) is 53.7 Å². The van der Waals surface area contributed by atoms with Gasteiger partial charge in [0.05, 0.1) is 5.54 Å². The van der Waals surface area contributed by atoms with Crippen molar-refractivity contribution in [1.82, 2.24) is 0 Å². The van der Waals surface area contributed by atoms with Crippen molar-refractivity contribution >= 4 is 11.5 Å². The van der Waals surface area contributed by atoms with Crippen molar-refractivity contribution in [2.24, 2.45) is 4.99 Å². The minimum atomic E-state index is -0.149. The molecule has 0 aliphatic carbocycles. The molecule has 0 aromatic heterocycles. The molecule has 2 heteroatoms. The smallest absolute Gasteiger partial charge is 0.136 e. The maximum atomic E-state index is 5.06. The van der Waals surface area contributed by atoms with Crippen LogP contribution >= 0.6 is 0 Å². The van der Waals surface area contributed by atoms with Crippen LogP contribution in [-0.2, 0) is 0 Å². The van der Waals surface area contributed by atoms with E-state index in [1.807, 2.05) is 12.1 Å². The van der Waals surface area contributed by atoms with Gasteiger partial charge in [-0.15, -0.1) is 0 Å².